The Morgan fingerprint density at radius 1 is 1.61 bits per heavy atom. The number of carbonyl (C=O) groups is 2. The molecule has 1 atom stereocenters. The summed E-state index contributed by atoms with van der Waals surface area (Å²) in [5, 5.41) is 2.80. The average Bonchev–Trinajstić information content (AvgIpc) is 2.89. The van der Waals surface area contributed by atoms with Gasteiger partial charge in [0.15, 0.2) is 0 Å². The van der Waals surface area contributed by atoms with Crippen LogP contribution < -0.4 is 11.1 Å². The number of nitrogens with zero attached hydrogens (tertiary/aromatic N) is 2. The molecule has 2 rings (SSSR count). The van der Waals surface area contributed by atoms with Crippen LogP contribution >= 0.6 is 0 Å². The number of rotatable bonds is 3. The van der Waals surface area contributed by atoms with E-state index in [1.165, 1.54) is 4.90 Å². The van der Waals surface area contributed by atoms with Gasteiger partial charge in [-0.05, 0) is 12.8 Å². The van der Waals surface area contributed by atoms with Crippen molar-refractivity contribution in [2.45, 2.75) is 19.4 Å². The normalized spacial score (nSPS) is 19.6. The zero-order valence-electron chi connectivity index (χ0n) is 10.1. The Balaban J connectivity index is 1.83. The first kappa shape index (κ1) is 12.4. The van der Waals surface area contributed by atoms with Crippen molar-refractivity contribution in [2.75, 3.05) is 13.1 Å². The van der Waals surface area contributed by atoms with Crippen LogP contribution in [0.15, 0.2) is 12.4 Å². The second-order valence-electron chi connectivity index (χ2n) is 4.38. The van der Waals surface area contributed by atoms with E-state index in [2.05, 4.69) is 15.3 Å². The highest BCUT2D eigenvalue weighted by molar-refractivity contribution is 5.80. The molecule has 1 aliphatic heterocycles. The van der Waals surface area contributed by atoms with Crippen molar-refractivity contribution in [2.24, 2.45) is 11.7 Å². The molecule has 4 N–H and O–H groups in total. The van der Waals surface area contributed by atoms with Crippen LogP contribution in [0.3, 0.4) is 0 Å². The Morgan fingerprint density at radius 2 is 2.44 bits per heavy atom. The SMILES string of the molecule is NC(=O)N1CCCC(C(=O)NCc2ncc[nH]2)C1. The van der Waals surface area contributed by atoms with E-state index in [4.69, 9.17) is 5.73 Å². The van der Waals surface area contributed by atoms with Gasteiger partial charge in [-0.25, -0.2) is 9.78 Å². The van der Waals surface area contributed by atoms with E-state index in [9.17, 15) is 9.59 Å². The van der Waals surface area contributed by atoms with Gasteiger partial charge in [0, 0.05) is 25.5 Å². The van der Waals surface area contributed by atoms with Gasteiger partial charge in [0.2, 0.25) is 5.91 Å². The zero-order valence-corrected chi connectivity index (χ0v) is 10.1. The number of hydrogen-bond donors (Lipinski definition) is 3. The van der Waals surface area contributed by atoms with E-state index in [1.807, 2.05) is 0 Å². The minimum absolute atomic E-state index is 0.0580. The van der Waals surface area contributed by atoms with Crippen LogP contribution in [-0.4, -0.2) is 39.9 Å². The first-order valence-corrected chi connectivity index (χ1v) is 5.97. The van der Waals surface area contributed by atoms with Crippen molar-refractivity contribution < 1.29 is 9.59 Å². The summed E-state index contributed by atoms with van der Waals surface area (Å²) in [4.78, 5) is 31.4. The Labute approximate surface area is 105 Å². The molecule has 1 fully saturated rings. The largest absolute Gasteiger partial charge is 0.351 e. The maximum Gasteiger partial charge on any atom is 0.314 e. The third kappa shape index (κ3) is 2.99. The van der Waals surface area contributed by atoms with Crippen LogP contribution in [0.1, 0.15) is 18.7 Å². The standard InChI is InChI=1S/C11H17N5O2/c12-11(18)16-5-1-2-8(7-16)10(17)15-6-9-13-3-4-14-9/h3-4,8H,1-2,5-7H2,(H2,12,18)(H,13,14)(H,15,17). The van der Waals surface area contributed by atoms with Gasteiger partial charge in [-0.1, -0.05) is 0 Å². The van der Waals surface area contributed by atoms with Crippen LogP contribution in [0.2, 0.25) is 0 Å². The summed E-state index contributed by atoms with van der Waals surface area (Å²) in [6, 6.07) is -0.460. The van der Waals surface area contributed by atoms with Gasteiger partial charge in [-0.2, -0.15) is 0 Å². The monoisotopic (exact) mass is 251 g/mol. The van der Waals surface area contributed by atoms with Gasteiger partial charge in [0.25, 0.3) is 0 Å². The molecule has 0 spiro atoms. The average molecular weight is 251 g/mol. The summed E-state index contributed by atoms with van der Waals surface area (Å²) in [5.74, 6) is 0.476. The smallest absolute Gasteiger partial charge is 0.314 e. The molecular weight excluding hydrogens is 234 g/mol. The maximum atomic E-state index is 11.9. The number of primary amides is 1. The fourth-order valence-electron chi connectivity index (χ4n) is 2.10. The van der Waals surface area contributed by atoms with Gasteiger partial charge in [-0.15, -0.1) is 0 Å². The topological polar surface area (TPSA) is 104 Å². The number of imidazole rings is 1. The van der Waals surface area contributed by atoms with E-state index < -0.39 is 6.03 Å². The minimum atomic E-state index is -0.460. The molecule has 0 aliphatic carbocycles. The number of aromatic nitrogens is 2. The lowest BCUT2D eigenvalue weighted by Gasteiger charge is -2.30. The Morgan fingerprint density at radius 3 is 3.11 bits per heavy atom. The second kappa shape index (κ2) is 5.52. The number of carbonyl (C=O) groups excluding carboxylic acids is 2. The van der Waals surface area contributed by atoms with Crippen LogP contribution in [0.25, 0.3) is 0 Å². The number of nitrogens with one attached hydrogen (secondary N) is 2. The number of aromatic amines is 1. The molecule has 1 aromatic heterocycles. The van der Waals surface area contributed by atoms with E-state index >= 15 is 0 Å². The van der Waals surface area contributed by atoms with E-state index in [-0.39, 0.29) is 11.8 Å². The first-order chi connectivity index (χ1) is 8.66. The molecule has 1 unspecified atom stereocenters. The molecule has 3 amide bonds. The Kier molecular flexibility index (Phi) is 3.81. The molecule has 2 heterocycles. The fraction of sp³-hybridized carbons (Fsp3) is 0.545. The van der Waals surface area contributed by atoms with Crippen LogP contribution in [0.4, 0.5) is 4.79 Å². The van der Waals surface area contributed by atoms with Crippen molar-refractivity contribution >= 4 is 11.9 Å². The van der Waals surface area contributed by atoms with Crippen molar-refractivity contribution in [3.8, 4) is 0 Å². The molecule has 0 radical (unpaired) electrons. The van der Waals surface area contributed by atoms with Crippen LogP contribution in [0.5, 0.6) is 0 Å². The number of amides is 3. The van der Waals surface area contributed by atoms with Crippen LogP contribution in [0, 0.1) is 5.92 Å². The molecule has 0 aromatic carbocycles. The van der Waals surface area contributed by atoms with Gasteiger partial charge in [0.05, 0.1) is 12.5 Å². The van der Waals surface area contributed by atoms with Gasteiger partial charge in [-0.3, -0.25) is 4.79 Å². The van der Waals surface area contributed by atoms with Crippen LogP contribution in [-0.2, 0) is 11.3 Å². The third-order valence-electron chi connectivity index (χ3n) is 3.09. The zero-order chi connectivity index (χ0) is 13.0. The van der Waals surface area contributed by atoms with Crippen molar-refractivity contribution in [1.29, 1.82) is 0 Å². The maximum absolute atomic E-state index is 11.9. The molecule has 0 saturated carbocycles. The number of likely N-dealkylation sites (tertiary alicyclic amines) is 1. The summed E-state index contributed by atoms with van der Waals surface area (Å²) >= 11 is 0. The van der Waals surface area contributed by atoms with Crippen molar-refractivity contribution in [3.05, 3.63) is 18.2 Å². The van der Waals surface area contributed by atoms with Gasteiger partial charge < -0.3 is 20.9 Å². The summed E-state index contributed by atoms with van der Waals surface area (Å²) in [6.45, 7) is 1.41. The quantitative estimate of drug-likeness (QED) is 0.693. The molecule has 7 heteroatoms. The van der Waals surface area contributed by atoms with Crippen molar-refractivity contribution in [3.63, 3.8) is 0 Å². The number of nitrogens with two attached hydrogens (primary N) is 1. The summed E-state index contributed by atoms with van der Waals surface area (Å²) in [7, 11) is 0. The van der Waals surface area contributed by atoms with Gasteiger partial charge >= 0.3 is 6.03 Å². The Bertz CT molecular complexity index is 417. The molecule has 18 heavy (non-hydrogen) atoms. The molecule has 1 aliphatic rings. The first-order valence-electron chi connectivity index (χ1n) is 5.97. The lowest BCUT2D eigenvalue weighted by molar-refractivity contribution is -0.126. The Hall–Kier alpha value is -2.05. The number of piperidine rings is 1. The molecule has 0 bridgehead atoms. The van der Waals surface area contributed by atoms with E-state index in [0.717, 1.165) is 12.8 Å². The van der Waals surface area contributed by atoms with E-state index in [1.54, 1.807) is 12.4 Å². The molecule has 7 nitrogen and oxygen atoms in total. The second-order valence-corrected chi connectivity index (χ2v) is 4.38. The fourth-order valence-corrected chi connectivity index (χ4v) is 2.10. The van der Waals surface area contributed by atoms with Gasteiger partial charge in [0.1, 0.15) is 5.82 Å². The minimum Gasteiger partial charge on any atom is -0.351 e. The molecule has 1 saturated heterocycles. The predicted octanol–water partition coefficient (Wildman–Crippen LogP) is -0.183. The summed E-state index contributed by atoms with van der Waals surface area (Å²) in [6.07, 6.45) is 4.93. The highest BCUT2D eigenvalue weighted by Gasteiger charge is 2.27. The highest BCUT2D eigenvalue weighted by atomic mass is 16.2. The predicted molar refractivity (Wildman–Crippen MR) is 64.3 cm³/mol. The summed E-state index contributed by atoms with van der Waals surface area (Å²) < 4.78 is 0. The molecule has 98 valence electrons. The number of hydrogen-bond acceptors (Lipinski definition) is 3. The van der Waals surface area contributed by atoms with Crippen molar-refractivity contribution in [1.82, 2.24) is 20.2 Å². The lowest BCUT2D eigenvalue weighted by atomic mass is 9.97. The van der Waals surface area contributed by atoms with E-state index in [0.29, 0.717) is 25.5 Å². The summed E-state index contributed by atoms with van der Waals surface area (Å²) in [5.41, 5.74) is 5.22. The molecule has 1 aromatic rings. The lowest BCUT2D eigenvalue weighted by Crippen LogP contribution is -2.47. The number of urea groups is 1. The highest BCUT2D eigenvalue weighted by Crippen LogP contribution is 2.16. The third-order valence-corrected chi connectivity index (χ3v) is 3.09. The molecular formula is C11H17N5O2. The number of H-pyrrole nitrogens is 1.